The van der Waals surface area contributed by atoms with Gasteiger partial charge in [-0.3, -0.25) is 9.59 Å². The van der Waals surface area contributed by atoms with E-state index in [-0.39, 0.29) is 11.8 Å². The Morgan fingerprint density at radius 1 is 1.32 bits per heavy atom. The number of hydrogen-bond acceptors (Lipinski definition) is 4. The van der Waals surface area contributed by atoms with Crippen LogP contribution in [0, 0.1) is 0 Å². The van der Waals surface area contributed by atoms with Crippen molar-refractivity contribution in [3.63, 3.8) is 0 Å². The van der Waals surface area contributed by atoms with Crippen molar-refractivity contribution >= 4 is 34.8 Å². The molecule has 25 heavy (non-hydrogen) atoms. The molecule has 0 bridgehead atoms. The highest BCUT2D eigenvalue weighted by molar-refractivity contribution is 7.08. The van der Waals surface area contributed by atoms with Crippen molar-refractivity contribution in [2.75, 3.05) is 26.7 Å². The van der Waals surface area contributed by atoms with Crippen LogP contribution < -0.4 is 10.1 Å². The van der Waals surface area contributed by atoms with E-state index in [9.17, 15) is 9.59 Å². The van der Waals surface area contributed by atoms with E-state index in [1.807, 2.05) is 17.5 Å². The summed E-state index contributed by atoms with van der Waals surface area (Å²) in [4.78, 5) is 25.4. The zero-order valence-corrected chi connectivity index (χ0v) is 15.6. The van der Waals surface area contributed by atoms with Crippen LogP contribution in [0.15, 0.2) is 41.1 Å². The number of benzene rings is 1. The van der Waals surface area contributed by atoms with Crippen molar-refractivity contribution in [1.82, 2.24) is 10.2 Å². The molecule has 1 N–H and O–H groups in total. The Bertz CT molecular complexity index is 691. The molecule has 5 nitrogen and oxygen atoms in total. The van der Waals surface area contributed by atoms with Gasteiger partial charge in [0.15, 0.2) is 0 Å². The largest absolute Gasteiger partial charge is 0.492 e. The van der Waals surface area contributed by atoms with Crippen molar-refractivity contribution in [2.45, 2.75) is 12.8 Å². The Labute approximate surface area is 156 Å². The predicted octanol–water partition coefficient (Wildman–Crippen LogP) is 3.45. The van der Waals surface area contributed by atoms with E-state index < -0.39 is 0 Å². The molecule has 0 spiro atoms. The molecule has 2 rings (SSSR count). The first-order valence-corrected chi connectivity index (χ1v) is 9.31. The molecule has 0 saturated heterocycles. The molecule has 7 heteroatoms. The maximum Gasteiger partial charge on any atom is 0.252 e. The van der Waals surface area contributed by atoms with Gasteiger partial charge in [0, 0.05) is 36.0 Å². The Balaban J connectivity index is 1.59. The van der Waals surface area contributed by atoms with E-state index in [4.69, 9.17) is 16.3 Å². The number of nitrogens with one attached hydrogen (secondary N) is 1. The number of rotatable bonds is 9. The van der Waals surface area contributed by atoms with Crippen LogP contribution in [0.1, 0.15) is 23.2 Å². The summed E-state index contributed by atoms with van der Waals surface area (Å²) in [6, 6.07) is 8.93. The molecular formula is C18H21ClN2O3S. The van der Waals surface area contributed by atoms with E-state index >= 15 is 0 Å². The lowest BCUT2D eigenvalue weighted by Crippen LogP contribution is -2.31. The van der Waals surface area contributed by atoms with Crippen LogP contribution in [-0.4, -0.2) is 43.5 Å². The first-order valence-electron chi connectivity index (χ1n) is 7.99. The number of likely N-dealkylation sites (N-methyl/N-ethyl adjacent to an activating group) is 1. The van der Waals surface area contributed by atoms with Gasteiger partial charge in [-0.25, -0.2) is 0 Å². The van der Waals surface area contributed by atoms with E-state index in [0.717, 1.165) is 0 Å². The minimum absolute atomic E-state index is 0.0273. The molecular weight excluding hydrogens is 360 g/mol. The molecule has 1 heterocycles. The lowest BCUT2D eigenvalue weighted by Gasteiger charge is -2.17. The van der Waals surface area contributed by atoms with Gasteiger partial charge in [-0.2, -0.15) is 11.3 Å². The first kappa shape index (κ1) is 19.3. The van der Waals surface area contributed by atoms with E-state index in [1.54, 1.807) is 35.5 Å². The average Bonchev–Trinajstić information content (AvgIpc) is 3.13. The summed E-state index contributed by atoms with van der Waals surface area (Å²) in [5.74, 6) is 0.612. The second-order valence-electron chi connectivity index (χ2n) is 5.49. The highest BCUT2D eigenvalue weighted by Gasteiger charge is 2.09. The van der Waals surface area contributed by atoms with Crippen LogP contribution >= 0.6 is 22.9 Å². The van der Waals surface area contributed by atoms with Gasteiger partial charge in [-0.05, 0) is 36.1 Å². The lowest BCUT2D eigenvalue weighted by atomic mass is 10.2. The van der Waals surface area contributed by atoms with Crippen LogP contribution in [0.2, 0.25) is 5.02 Å². The molecule has 134 valence electrons. The zero-order valence-electron chi connectivity index (χ0n) is 14.0. The Hall–Kier alpha value is -2.05. The number of nitrogens with zero attached hydrogens (tertiary/aromatic N) is 1. The second-order valence-corrected chi connectivity index (χ2v) is 6.71. The van der Waals surface area contributed by atoms with Crippen LogP contribution in [0.25, 0.3) is 0 Å². The topological polar surface area (TPSA) is 58.6 Å². The van der Waals surface area contributed by atoms with Crippen LogP contribution in [0.4, 0.5) is 0 Å². The smallest absolute Gasteiger partial charge is 0.252 e. The molecule has 0 fully saturated rings. The van der Waals surface area contributed by atoms with Gasteiger partial charge in [0.05, 0.1) is 6.54 Å². The molecule has 2 aromatic rings. The highest BCUT2D eigenvalue weighted by Crippen LogP contribution is 2.16. The minimum Gasteiger partial charge on any atom is -0.492 e. The summed E-state index contributed by atoms with van der Waals surface area (Å²) < 4.78 is 5.57. The van der Waals surface area contributed by atoms with Gasteiger partial charge in [0.25, 0.3) is 5.91 Å². The Morgan fingerprint density at radius 2 is 2.16 bits per heavy atom. The molecule has 0 atom stereocenters. The van der Waals surface area contributed by atoms with Crippen molar-refractivity contribution in [3.05, 3.63) is 51.7 Å². The molecule has 0 unspecified atom stereocenters. The molecule has 1 aromatic carbocycles. The number of carbonyl (C=O) groups is 2. The van der Waals surface area contributed by atoms with Gasteiger partial charge in [-0.15, -0.1) is 0 Å². The fourth-order valence-electron chi connectivity index (χ4n) is 2.11. The third kappa shape index (κ3) is 6.76. The Morgan fingerprint density at radius 3 is 2.88 bits per heavy atom. The molecule has 1 aromatic heterocycles. The van der Waals surface area contributed by atoms with E-state index in [2.05, 4.69) is 5.32 Å². The number of ether oxygens (including phenoxy) is 1. The summed E-state index contributed by atoms with van der Waals surface area (Å²) >= 11 is 7.37. The maximum absolute atomic E-state index is 12.1. The van der Waals surface area contributed by atoms with Gasteiger partial charge in [-0.1, -0.05) is 17.7 Å². The fourth-order valence-corrected chi connectivity index (χ4v) is 2.93. The van der Waals surface area contributed by atoms with Crippen molar-refractivity contribution in [2.24, 2.45) is 0 Å². The van der Waals surface area contributed by atoms with Crippen LogP contribution in [0.3, 0.4) is 0 Å². The molecule has 0 aliphatic rings. The minimum atomic E-state index is -0.100. The third-order valence-corrected chi connectivity index (χ3v) is 4.47. The fraction of sp³-hybridized carbons (Fsp3) is 0.333. The van der Waals surface area contributed by atoms with Gasteiger partial charge < -0.3 is 15.0 Å². The SMILES string of the molecule is CN(CCOc1cccc(Cl)c1)C(=O)CCCNC(=O)c1ccsc1. The van der Waals surface area contributed by atoms with Gasteiger partial charge in [0.2, 0.25) is 5.91 Å². The number of hydrogen-bond donors (Lipinski definition) is 1. The molecule has 0 aliphatic heterocycles. The summed E-state index contributed by atoms with van der Waals surface area (Å²) in [5.41, 5.74) is 0.659. The summed E-state index contributed by atoms with van der Waals surface area (Å²) in [6.07, 6.45) is 0.992. The number of carbonyl (C=O) groups excluding carboxylic acids is 2. The molecule has 2 amide bonds. The molecule has 0 radical (unpaired) electrons. The summed E-state index contributed by atoms with van der Waals surface area (Å²) in [5, 5.41) is 7.09. The van der Waals surface area contributed by atoms with E-state index in [1.165, 1.54) is 11.3 Å². The Kier molecular flexibility index (Phi) is 7.76. The van der Waals surface area contributed by atoms with Gasteiger partial charge in [0.1, 0.15) is 12.4 Å². The highest BCUT2D eigenvalue weighted by atomic mass is 35.5. The van der Waals surface area contributed by atoms with Crippen molar-refractivity contribution < 1.29 is 14.3 Å². The summed E-state index contributed by atoms with van der Waals surface area (Å²) in [7, 11) is 1.74. The van der Waals surface area contributed by atoms with Crippen LogP contribution in [-0.2, 0) is 4.79 Å². The third-order valence-electron chi connectivity index (χ3n) is 3.55. The quantitative estimate of drug-likeness (QED) is 0.678. The first-order chi connectivity index (χ1) is 12.1. The van der Waals surface area contributed by atoms with Gasteiger partial charge >= 0.3 is 0 Å². The standard InChI is InChI=1S/C18H21ClN2O3S/c1-21(9-10-24-16-5-2-4-15(19)12-16)17(22)6-3-8-20-18(23)14-7-11-25-13-14/h2,4-5,7,11-13H,3,6,8-10H2,1H3,(H,20,23). The summed E-state index contributed by atoms with van der Waals surface area (Å²) in [6.45, 7) is 1.37. The predicted molar refractivity (Wildman–Crippen MR) is 100 cm³/mol. The monoisotopic (exact) mass is 380 g/mol. The zero-order chi connectivity index (χ0) is 18.1. The maximum atomic E-state index is 12.1. The molecule has 0 aliphatic carbocycles. The van der Waals surface area contributed by atoms with Crippen LogP contribution in [0.5, 0.6) is 5.75 Å². The number of halogens is 1. The van der Waals surface area contributed by atoms with Crippen molar-refractivity contribution in [3.8, 4) is 5.75 Å². The van der Waals surface area contributed by atoms with Crippen molar-refractivity contribution in [1.29, 1.82) is 0 Å². The lowest BCUT2D eigenvalue weighted by molar-refractivity contribution is -0.130. The average molecular weight is 381 g/mol. The van der Waals surface area contributed by atoms with E-state index in [0.29, 0.717) is 48.9 Å². The molecule has 0 saturated carbocycles. The number of amides is 2. The second kappa shape index (κ2) is 10.1. The number of thiophene rings is 1. The normalized spacial score (nSPS) is 10.3.